The number of amides is 2. The molecule has 152 valence electrons. The number of carbonyl (C=O) groups is 2. The third kappa shape index (κ3) is 4.37. The fraction of sp³-hybridized carbons (Fsp3) is 0.333. The molecule has 1 saturated heterocycles. The lowest BCUT2D eigenvalue weighted by Crippen LogP contribution is -2.49. The summed E-state index contributed by atoms with van der Waals surface area (Å²) in [7, 11) is 0. The van der Waals surface area contributed by atoms with E-state index in [-0.39, 0.29) is 17.2 Å². The Morgan fingerprint density at radius 2 is 1.59 bits per heavy atom. The highest BCUT2D eigenvalue weighted by atomic mass is 16.6. The quantitative estimate of drug-likeness (QED) is 0.617. The monoisotopic (exact) mass is 396 g/mol. The van der Waals surface area contributed by atoms with Gasteiger partial charge >= 0.3 is 0 Å². The highest BCUT2D eigenvalue weighted by Gasteiger charge is 2.27. The zero-order chi connectivity index (χ0) is 21.1. The summed E-state index contributed by atoms with van der Waals surface area (Å²) in [6.45, 7) is 6.05. The van der Waals surface area contributed by atoms with Gasteiger partial charge in [0, 0.05) is 43.4 Å². The molecule has 0 atom stereocenters. The van der Waals surface area contributed by atoms with Gasteiger partial charge in [-0.1, -0.05) is 26.0 Å². The van der Waals surface area contributed by atoms with E-state index in [9.17, 15) is 19.7 Å². The Morgan fingerprint density at radius 3 is 2.10 bits per heavy atom. The fourth-order valence-electron chi connectivity index (χ4n) is 3.43. The minimum Gasteiger partial charge on any atom is -0.366 e. The predicted molar refractivity (Wildman–Crippen MR) is 110 cm³/mol. The van der Waals surface area contributed by atoms with Gasteiger partial charge in [0.15, 0.2) is 0 Å². The first kappa shape index (κ1) is 20.3. The van der Waals surface area contributed by atoms with Crippen LogP contribution in [-0.2, 0) is 0 Å². The minimum absolute atomic E-state index is 0.0430. The standard InChI is InChI=1S/C21H24N4O4/c1-14(2)15-3-5-16(6-4-15)21(27)24-11-9-23(10-12-24)18-8-7-17(20(22)26)13-19(18)25(28)29/h3-8,13-14H,9-12H2,1-2H3,(H2,22,26). The maximum absolute atomic E-state index is 12.8. The highest BCUT2D eigenvalue weighted by molar-refractivity contribution is 5.95. The molecule has 8 heteroatoms. The van der Waals surface area contributed by atoms with Gasteiger partial charge < -0.3 is 15.5 Å². The second kappa shape index (κ2) is 8.30. The molecule has 1 aliphatic rings. The summed E-state index contributed by atoms with van der Waals surface area (Å²) in [6.07, 6.45) is 0. The summed E-state index contributed by atoms with van der Waals surface area (Å²) in [5, 5.41) is 11.4. The van der Waals surface area contributed by atoms with E-state index >= 15 is 0 Å². The lowest BCUT2D eigenvalue weighted by atomic mass is 10.0. The van der Waals surface area contributed by atoms with Crippen LogP contribution in [0.1, 0.15) is 46.0 Å². The van der Waals surface area contributed by atoms with Crippen molar-refractivity contribution in [2.24, 2.45) is 5.73 Å². The molecule has 1 heterocycles. The summed E-state index contributed by atoms with van der Waals surface area (Å²) >= 11 is 0. The van der Waals surface area contributed by atoms with Gasteiger partial charge in [-0.25, -0.2) is 0 Å². The molecule has 0 bridgehead atoms. The first-order valence-electron chi connectivity index (χ1n) is 9.50. The Hall–Kier alpha value is -3.42. The van der Waals surface area contributed by atoms with Gasteiger partial charge in [-0.05, 0) is 35.7 Å². The number of nitrogens with two attached hydrogens (primary N) is 1. The molecule has 29 heavy (non-hydrogen) atoms. The number of rotatable bonds is 5. The van der Waals surface area contributed by atoms with Crippen LogP contribution >= 0.6 is 0 Å². The van der Waals surface area contributed by atoms with Crippen LogP contribution in [0.3, 0.4) is 0 Å². The number of primary amides is 1. The molecule has 0 unspecified atom stereocenters. The molecule has 3 rings (SSSR count). The van der Waals surface area contributed by atoms with E-state index in [0.29, 0.717) is 43.3 Å². The third-order valence-corrected chi connectivity index (χ3v) is 5.19. The maximum atomic E-state index is 12.8. The van der Waals surface area contributed by atoms with Gasteiger partial charge in [0.2, 0.25) is 5.91 Å². The fourth-order valence-corrected chi connectivity index (χ4v) is 3.43. The number of nitro benzene ring substituents is 1. The third-order valence-electron chi connectivity index (χ3n) is 5.19. The summed E-state index contributed by atoms with van der Waals surface area (Å²) in [5.41, 5.74) is 7.40. The second-order valence-electron chi connectivity index (χ2n) is 7.38. The molecular weight excluding hydrogens is 372 g/mol. The molecule has 8 nitrogen and oxygen atoms in total. The van der Waals surface area contributed by atoms with Crippen molar-refractivity contribution in [3.63, 3.8) is 0 Å². The Balaban J connectivity index is 1.71. The zero-order valence-electron chi connectivity index (χ0n) is 16.5. The molecule has 0 radical (unpaired) electrons. The summed E-state index contributed by atoms with van der Waals surface area (Å²) in [5.74, 6) is -0.350. The number of nitrogens with zero attached hydrogens (tertiary/aromatic N) is 3. The van der Waals surface area contributed by atoms with Crippen LogP contribution in [0.2, 0.25) is 0 Å². The molecule has 0 spiro atoms. The molecule has 2 aromatic carbocycles. The number of nitro groups is 1. The van der Waals surface area contributed by atoms with Crippen molar-refractivity contribution >= 4 is 23.2 Å². The molecule has 2 amide bonds. The normalized spacial score (nSPS) is 14.2. The maximum Gasteiger partial charge on any atom is 0.293 e. The topological polar surface area (TPSA) is 110 Å². The summed E-state index contributed by atoms with van der Waals surface area (Å²) in [4.78, 5) is 38.6. The van der Waals surface area contributed by atoms with Crippen LogP contribution in [0.15, 0.2) is 42.5 Å². The molecule has 0 aliphatic carbocycles. The Kier molecular flexibility index (Phi) is 5.81. The van der Waals surface area contributed by atoms with Crippen LogP contribution in [0.25, 0.3) is 0 Å². The molecule has 1 fully saturated rings. The zero-order valence-corrected chi connectivity index (χ0v) is 16.5. The number of anilines is 1. The van der Waals surface area contributed by atoms with E-state index in [2.05, 4.69) is 13.8 Å². The van der Waals surface area contributed by atoms with E-state index < -0.39 is 10.8 Å². The minimum atomic E-state index is -0.710. The second-order valence-corrected chi connectivity index (χ2v) is 7.38. The number of hydrogen-bond acceptors (Lipinski definition) is 5. The van der Waals surface area contributed by atoms with Crippen LogP contribution in [0.5, 0.6) is 0 Å². The largest absolute Gasteiger partial charge is 0.366 e. The summed E-state index contributed by atoms with van der Waals surface area (Å²) in [6, 6.07) is 11.9. The molecule has 1 aliphatic heterocycles. The van der Waals surface area contributed by atoms with Crippen molar-refractivity contribution in [3.05, 3.63) is 69.3 Å². The number of carbonyl (C=O) groups excluding carboxylic acids is 2. The Bertz CT molecular complexity index is 932. The van der Waals surface area contributed by atoms with E-state index in [1.54, 1.807) is 11.0 Å². The smallest absolute Gasteiger partial charge is 0.293 e. The average Bonchev–Trinajstić information content (AvgIpc) is 2.73. The van der Waals surface area contributed by atoms with Crippen LogP contribution in [-0.4, -0.2) is 47.8 Å². The van der Waals surface area contributed by atoms with E-state index in [1.165, 1.54) is 17.7 Å². The van der Waals surface area contributed by atoms with E-state index in [1.807, 2.05) is 29.2 Å². The van der Waals surface area contributed by atoms with Crippen molar-refractivity contribution in [2.75, 3.05) is 31.1 Å². The summed E-state index contributed by atoms with van der Waals surface area (Å²) < 4.78 is 0. The van der Waals surface area contributed by atoms with Crippen LogP contribution < -0.4 is 10.6 Å². The van der Waals surface area contributed by atoms with Crippen molar-refractivity contribution in [3.8, 4) is 0 Å². The van der Waals surface area contributed by atoms with Gasteiger partial charge in [-0.15, -0.1) is 0 Å². The first-order valence-corrected chi connectivity index (χ1v) is 9.50. The van der Waals surface area contributed by atoms with Gasteiger partial charge in [0.1, 0.15) is 5.69 Å². The van der Waals surface area contributed by atoms with Crippen LogP contribution in [0.4, 0.5) is 11.4 Å². The van der Waals surface area contributed by atoms with Crippen molar-refractivity contribution in [1.82, 2.24) is 4.90 Å². The molecule has 0 saturated carbocycles. The number of benzene rings is 2. The number of hydrogen-bond donors (Lipinski definition) is 1. The van der Waals surface area contributed by atoms with E-state index in [0.717, 1.165) is 0 Å². The predicted octanol–water partition coefficient (Wildman–Crippen LogP) is 2.78. The Labute approximate surface area is 169 Å². The molecular formula is C21H24N4O4. The van der Waals surface area contributed by atoms with Gasteiger partial charge in [-0.3, -0.25) is 19.7 Å². The van der Waals surface area contributed by atoms with Crippen molar-refractivity contribution < 1.29 is 14.5 Å². The number of piperazine rings is 1. The van der Waals surface area contributed by atoms with Crippen molar-refractivity contribution in [1.29, 1.82) is 0 Å². The van der Waals surface area contributed by atoms with Crippen molar-refractivity contribution in [2.45, 2.75) is 19.8 Å². The lowest BCUT2D eigenvalue weighted by molar-refractivity contribution is -0.384. The van der Waals surface area contributed by atoms with Crippen LogP contribution in [0, 0.1) is 10.1 Å². The lowest BCUT2D eigenvalue weighted by Gasteiger charge is -2.36. The molecule has 0 aromatic heterocycles. The SMILES string of the molecule is CC(C)c1ccc(C(=O)N2CCN(c3ccc(C(N)=O)cc3[N+](=O)[O-])CC2)cc1. The van der Waals surface area contributed by atoms with Gasteiger partial charge in [0.05, 0.1) is 4.92 Å². The van der Waals surface area contributed by atoms with Gasteiger partial charge in [-0.2, -0.15) is 0 Å². The highest BCUT2D eigenvalue weighted by Crippen LogP contribution is 2.30. The molecule has 2 aromatic rings. The average molecular weight is 396 g/mol. The van der Waals surface area contributed by atoms with E-state index in [4.69, 9.17) is 5.73 Å². The first-order chi connectivity index (χ1) is 13.8. The van der Waals surface area contributed by atoms with Gasteiger partial charge in [0.25, 0.3) is 11.6 Å². The molecule has 2 N–H and O–H groups in total. The Morgan fingerprint density at radius 1 is 1.00 bits per heavy atom.